The Kier molecular flexibility index (Phi) is 5.89. The number of benzene rings is 2. The summed E-state index contributed by atoms with van der Waals surface area (Å²) in [5.41, 5.74) is 1.25. The summed E-state index contributed by atoms with van der Waals surface area (Å²) in [6.07, 6.45) is 0. The van der Waals surface area contributed by atoms with Crippen LogP contribution in [0.1, 0.15) is 18.5 Å². The highest BCUT2D eigenvalue weighted by Crippen LogP contribution is 2.27. The lowest BCUT2D eigenvalue weighted by Gasteiger charge is -2.16. The first-order valence-corrected chi connectivity index (χ1v) is 9.17. The molecule has 0 spiro atoms. The van der Waals surface area contributed by atoms with E-state index >= 15 is 0 Å². The van der Waals surface area contributed by atoms with Crippen molar-refractivity contribution < 1.29 is 17.9 Å². The number of primary sulfonamides is 1. The van der Waals surface area contributed by atoms with Gasteiger partial charge < -0.3 is 15.4 Å². The number of carbonyl (C=O) groups is 1. The lowest BCUT2D eigenvalue weighted by atomic mass is 10.1. The van der Waals surface area contributed by atoms with Crippen LogP contribution >= 0.6 is 11.6 Å². The number of sulfonamides is 1. The van der Waals surface area contributed by atoms with Crippen LogP contribution in [-0.2, 0) is 10.0 Å². The molecule has 2 amide bonds. The molecule has 2 aromatic carbocycles. The largest absolute Gasteiger partial charge is 0.495 e. The molecule has 0 aliphatic carbocycles. The number of anilines is 1. The third-order valence-corrected chi connectivity index (χ3v) is 4.69. The second kappa shape index (κ2) is 7.73. The van der Waals surface area contributed by atoms with E-state index in [4.69, 9.17) is 21.5 Å². The molecule has 0 aliphatic heterocycles. The van der Waals surface area contributed by atoms with Gasteiger partial charge in [-0.1, -0.05) is 23.7 Å². The maximum atomic E-state index is 12.1. The second-order valence-electron chi connectivity index (χ2n) is 5.28. The standard InChI is InChI=1S/C16H18ClN3O4S/c1-10(11-3-6-13(7-4-11)25(18,22)23)19-16(21)20-12-5-8-15(24-2)14(17)9-12/h3-10H,1-2H3,(H2,18,22,23)(H2,19,20,21). The average molecular weight is 384 g/mol. The van der Waals surface area contributed by atoms with Gasteiger partial charge in [0.2, 0.25) is 10.0 Å². The Morgan fingerprint density at radius 2 is 1.84 bits per heavy atom. The van der Waals surface area contributed by atoms with Gasteiger partial charge in [-0.05, 0) is 42.8 Å². The van der Waals surface area contributed by atoms with Gasteiger partial charge in [-0.3, -0.25) is 0 Å². The van der Waals surface area contributed by atoms with E-state index in [1.165, 1.54) is 19.2 Å². The van der Waals surface area contributed by atoms with Gasteiger partial charge >= 0.3 is 6.03 Å². The van der Waals surface area contributed by atoms with E-state index in [1.54, 1.807) is 37.3 Å². The number of carbonyl (C=O) groups excluding carboxylic acids is 1. The topological polar surface area (TPSA) is 111 Å². The lowest BCUT2D eigenvalue weighted by molar-refractivity contribution is 0.249. The fourth-order valence-electron chi connectivity index (χ4n) is 2.14. The van der Waals surface area contributed by atoms with Gasteiger partial charge in [0, 0.05) is 5.69 Å². The fraction of sp³-hybridized carbons (Fsp3) is 0.188. The molecule has 1 atom stereocenters. The van der Waals surface area contributed by atoms with E-state index in [0.29, 0.717) is 16.5 Å². The molecule has 9 heteroatoms. The molecule has 0 radical (unpaired) electrons. The summed E-state index contributed by atoms with van der Waals surface area (Å²) in [5, 5.41) is 10.8. The van der Waals surface area contributed by atoms with E-state index in [2.05, 4.69) is 10.6 Å². The van der Waals surface area contributed by atoms with Gasteiger partial charge in [0.1, 0.15) is 5.75 Å². The molecule has 0 bridgehead atoms. The van der Waals surface area contributed by atoms with Crippen LogP contribution in [0, 0.1) is 0 Å². The SMILES string of the molecule is COc1ccc(NC(=O)NC(C)c2ccc(S(N)(=O)=O)cc2)cc1Cl. The number of rotatable bonds is 5. The van der Waals surface area contributed by atoms with Crippen LogP contribution in [0.15, 0.2) is 47.4 Å². The second-order valence-corrected chi connectivity index (χ2v) is 7.25. The molecule has 0 saturated carbocycles. The molecule has 0 aliphatic rings. The third-order valence-electron chi connectivity index (χ3n) is 3.47. The van der Waals surface area contributed by atoms with Gasteiger partial charge in [0.05, 0.1) is 23.1 Å². The highest BCUT2D eigenvalue weighted by Gasteiger charge is 2.12. The zero-order chi connectivity index (χ0) is 18.6. The number of nitrogens with one attached hydrogen (secondary N) is 2. The van der Waals surface area contributed by atoms with Crippen molar-refractivity contribution >= 4 is 33.3 Å². The summed E-state index contributed by atoms with van der Waals surface area (Å²) in [6, 6.07) is 10.1. The quantitative estimate of drug-likeness (QED) is 0.737. The number of halogens is 1. The maximum Gasteiger partial charge on any atom is 0.319 e. The van der Waals surface area contributed by atoms with Crippen LogP contribution in [0.2, 0.25) is 5.02 Å². The molecule has 7 nitrogen and oxygen atoms in total. The summed E-state index contributed by atoms with van der Waals surface area (Å²) >= 11 is 6.01. The highest BCUT2D eigenvalue weighted by molar-refractivity contribution is 7.89. The number of amides is 2. The first-order valence-electron chi connectivity index (χ1n) is 7.24. The Bertz CT molecular complexity index is 869. The van der Waals surface area contributed by atoms with Crippen LogP contribution in [0.5, 0.6) is 5.75 Å². The van der Waals surface area contributed by atoms with E-state index in [0.717, 1.165) is 5.56 Å². The number of urea groups is 1. The molecule has 2 rings (SSSR count). The van der Waals surface area contributed by atoms with Gasteiger partial charge in [-0.2, -0.15) is 0 Å². The predicted molar refractivity (Wildman–Crippen MR) is 96.4 cm³/mol. The van der Waals surface area contributed by atoms with Crippen LogP contribution in [0.4, 0.5) is 10.5 Å². The minimum absolute atomic E-state index is 0.0146. The summed E-state index contributed by atoms with van der Waals surface area (Å²) in [6.45, 7) is 1.77. The van der Waals surface area contributed by atoms with Crippen molar-refractivity contribution in [3.05, 3.63) is 53.1 Å². The van der Waals surface area contributed by atoms with Crippen LogP contribution < -0.4 is 20.5 Å². The Labute approximate surface area is 151 Å². The zero-order valence-corrected chi connectivity index (χ0v) is 15.2. The molecule has 0 fully saturated rings. The van der Waals surface area contributed by atoms with E-state index in [1.807, 2.05) is 0 Å². The molecular weight excluding hydrogens is 366 g/mol. The number of hydrogen-bond acceptors (Lipinski definition) is 4. The molecule has 0 aromatic heterocycles. The monoisotopic (exact) mass is 383 g/mol. The minimum Gasteiger partial charge on any atom is -0.495 e. The zero-order valence-electron chi connectivity index (χ0n) is 13.6. The van der Waals surface area contributed by atoms with Gasteiger partial charge in [-0.15, -0.1) is 0 Å². The van der Waals surface area contributed by atoms with E-state index in [-0.39, 0.29) is 10.9 Å². The number of methoxy groups -OCH3 is 1. The summed E-state index contributed by atoms with van der Waals surface area (Å²) < 4.78 is 27.5. The van der Waals surface area contributed by atoms with E-state index in [9.17, 15) is 13.2 Å². The van der Waals surface area contributed by atoms with Gasteiger partial charge in [-0.25, -0.2) is 18.4 Å². The number of hydrogen-bond donors (Lipinski definition) is 3. The molecule has 134 valence electrons. The molecular formula is C16H18ClN3O4S. The Hall–Kier alpha value is -2.29. The van der Waals surface area contributed by atoms with Crippen LogP contribution in [0.25, 0.3) is 0 Å². The Morgan fingerprint density at radius 3 is 2.36 bits per heavy atom. The molecule has 0 saturated heterocycles. The van der Waals surface area contributed by atoms with Gasteiger partial charge in [0.15, 0.2) is 0 Å². The molecule has 2 aromatic rings. The Morgan fingerprint density at radius 1 is 1.20 bits per heavy atom. The van der Waals surface area contributed by atoms with Crippen molar-refractivity contribution in [3.63, 3.8) is 0 Å². The first-order chi connectivity index (χ1) is 11.7. The van der Waals surface area contributed by atoms with Crippen molar-refractivity contribution in [2.45, 2.75) is 17.9 Å². The molecule has 0 heterocycles. The van der Waals surface area contributed by atoms with Crippen molar-refractivity contribution in [3.8, 4) is 5.75 Å². The van der Waals surface area contributed by atoms with E-state index < -0.39 is 16.1 Å². The smallest absolute Gasteiger partial charge is 0.319 e. The highest BCUT2D eigenvalue weighted by atomic mass is 35.5. The maximum absolute atomic E-state index is 12.1. The summed E-state index contributed by atoms with van der Waals surface area (Å²) in [4.78, 5) is 12.1. The predicted octanol–water partition coefficient (Wildman–Crippen LogP) is 2.88. The van der Waals surface area contributed by atoms with Crippen molar-refractivity contribution in [2.75, 3.05) is 12.4 Å². The normalized spacial score (nSPS) is 12.3. The first kappa shape index (κ1) is 19.0. The average Bonchev–Trinajstić information content (AvgIpc) is 2.54. The van der Waals surface area contributed by atoms with Crippen LogP contribution in [0.3, 0.4) is 0 Å². The third kappa shape index (κ3) is 5.09. The molecule has 4 N–H and O–H groups in total. The van der Waals surface area contributed by atoms with Crippen molar-refractivity contribution in [2.24, 2.45) is 5.14 Å². The van der Waals surface area contributed by atoms with Crippen LogP contribution in [-0.4, -0.2) is 21.6 Å². The lowest BCUT2D eigenvalue weighted by Crippen LogP contribution is -2.31. The van der Waals surface area contributed by atoms with Gasteiger partial charge in [0.25, 0.3) is 0 Å². The summed E-state index contributed by atoms with van der Waals surface area (Å²) in [7, 11) is -2.24. The van der Waals surface area contributed by atoms with Crippen molar-refractivity contribution in [1.29, 1.82) is 0 Å². The molecule has 25 heavy (non-hydrogen) atoms. The number of nitrogens with two attached hydrogens (primary N) is 1. The fourth-order valence-corrected chi connectivity index (χ4v) is 2.91. The summed E-state index contributed by atoms with van der Waals surface area (Å²) in [5.74, 6) is 0.510. The van der Waals surface area contributed by atoms with Crippen molar-refractivity contribution in [1.82, 2.24) is 5.32 Å². The Balaban J connectivity index is 2.01. The minimum atomic E-state index is -3.74. The number of ether oxygens (including phenoxy) is 1. The molecule has 1 unspecified atom stereocenters.